The SMILES string of the molecule is CC12CC/C(=N\NC(=O)Cc3c[nH]c4ccccc34)C=C1CCC1C2CCC2(C)C(OC(=O)c3ccccc3)CCC12. The topological polar surface area (TPSA) is 83.6 Å². The molecule has 1 amide bonds. The van der Waals surface area contributed by atoms with Crippen LogP contribution in [0, 0.1) is 28.6 Å². The Hall–Kier alpha value is -3.67. The number of H-pyrrole nitrogens is 1. The molecule has 218 valence electrons. The number of aromatic amines is 1. The summed E-state index contributed by atoms with van der Waals surface area (Å²) >= 11 is 0. The average molecular weight is 564 g/mol. The first-order valence-corrected chi connectivity index (χ1v) is 15.7. The Morgan fingerprint density at radius 3 is 2.62 bits per heavy atom. The summed E-state index contributed by atoms with van der Waals surface area (Å²) in [5.74, 6) is 1.65. The number of ether oxygens (including phenoxy) is 1. The average Bonchev–Trinajstić information content (AvgIpc) is 3.56. The summed E-state index contributed by atoms with van der Waals surface area (Å²) in [5.41, 5.74) is 8.24. The third-order valence-electron chi connectivity index (χ3n) is 11.5. The van der Waals surface area contributed by atoms with Gasteiger partial charge in [0.1, 0.15) is 6.10 Å². The molecule has 7 rings (SSSR count). The van der Waals surface area contributed by atoms with Crippen molar-refractivity contribution in [1.29, 1.82) is 0 Å². The van der Waals surface area contributed by atoms with E-state index in [4.69, 9.17) is 4.74 Å². The van der Waals surface area contributed by atoms with Crippen LogP contribution in [-0.2, 0) is 16.0 Å². The molecule has 6 atom stereocenters. The number of nitrogens with one attached hydrogen (secondary N) is 2. The minimum Gasteiger partial charge on any atom is -0.458 e. The van der Waals surface area contributed by atoms with E-state index in [1.807, 2.05) is 60.8 Å². The molecule has 1 heterocycles. The predicted molar refractivity (Wildman–Crippen MR) is 165 cm³/mol. The second-order valence-electron chi connectivity index (χ2n) is 13.6. The molecule has 0 radical (unpaired) electrons. The van der Waals surface area contributed by atoms with Crippen molar-refractivity contribution in [3.63, 3.8) is 0 Å². The highest BCUT2D eigenvalue weighted by molar-refractivity contribution is 5.98. The van der Waals surface area contributed by atoms with Crippen molar-refractivity contribution in [2.75, 3.05) is 0 Å². The zero-order valence-corrected chi connectivity index (χ0v) is 24.7. The van der Waals surface area contributed by atoms with E-state index in [9.17, 15) is 9.59 Å². The lowest BCUT2D eigenvalue weighted by Gasteiger charge is -2.58. The molecule has 1 aromatic heterocycles. The Bertz CT molecular complexity index is 1570. The van der Waals surface area contributed by atoms with Crippen molar-refractivity contribution in [2.24, 2.45) is 33.7 Å². The largest absolute Gasteiger partial charge is 0.458 e. The molecule has 0 spiro atoms. The minimum atomic E-state index is -0.182. The van der Waals surface area contributed by atoms with E-state index in [1.54, 1.807) is 0 Å². The number of benzene rings is 2. The molecule has 3 saturated carbocycles. The summed E-state index contributed by atoms with van der Waals surface area (Å²) in [6.07, 6.45) is 13.1. The van der Waals surface area contributed by atoms with E-state index in [2.05, 4.69) is 35.4 Å². The van der Waals surface area contributed by atoms with Gasteiger partial charge >= 0.3 is 5.97 Å². The molecular formula is C36H41N3O3. The number of amides is 1. The first-order valence-electron chi connectivity index (χ1n) is 15.7. The van der Waals surface area contributed by atoms with E-state index in [1.165, 1.54) is 18.4 Å². The number of hydrogen-bond donors (Lipinski definition) is 2. The lowest BCUT2D eigenvalue weighted by Crippen LogP contribution is -2.51. The lowest BCUT2D eigenvalue weighted by atomic mass is 9.47. The normalized spacial score (nSPS) is 32.9. The Morgan fingerprint density at radius 1 is 0.952 bits per heavy atom. The van der Waals surface area contributed by atoms with Crippen LogP contribution in [0.25, 0.3) is 10.9 Å². The molecule has 0 bridgehead atoms. The van der Waals surface area contributed by atoms with Gasteiger partial charge in [-0.05, 0) is 104 Å². The molecule has 3 fully saturated rings. The summed E-state index contributed by atoms with van der Waals surface area (Å²) in [5, 5.41) is 5.66. The number of fused-ring (bicyclic) bond motifs is 6. The number of hydrogen-bond acceptors (Lipinski definition) is 4. The number of rotatable bonds is 5. The molecule has 4 aliphatic carbocycles. The van der Waals surface area contributed by atoms with Gasteiger partial charge in [-0.3, -0.25) is 4.79 Å². The van der Waals surface area contributed by atoms with Gasteiger partial charge in [0.05, 0.1) is 17.7 Å². The molecule has 42 heavy (non-hydrogen) atoms. The van der Waals surface area contributed by atoms with E-state index < -0.39 is 0 Å². The lowest BCUT2D eigenvalue weighted by molar-refractivity contribution is -0.120. The van der Waals surface area contributed by atoms with Crippen molar-refractivity contribution in [3.05, 3.63) is 83.6 Å². The Labute approximate surface area is 248 Å². The highest BCUT2D eigenvalue weighted by atomic mass is 16.5. The first-order chi connectivity index (χ1) is 20.3. The zero-order chi connectivity index (χ0) is 28.9. The van der Waals surface area contributed by atoms with Crippen LogP contribution >= 0.6 is 0 Å². The fraction of sp³-hybridized carbons (Fsp3) is 0.472. The predicted octanol–water partition coefficient (Wildman–Crippen LogP) is 7.37. The maximum atomic E-state index is 12.9. The number of hydrazone groups is 1. The van der Waals surface area contributed by atoms with Crippen molar-refractivity contribution in [1.82, 2.24) is 10.4 Å². The highest BCUT2D eigenvalue weighted by Crippen LogP contribution is 2.65. The molecule has 6 unspecified atom stereocenters. The van der Waals surface area contributed by atoms with E-state index >= 15 is 0 Å². The molecule has 6 heteroatoms. The number of esters is 1. The minimum absolute atomic E-state index is 0.00105. The van der Waals surface area contributed by atoms with Crippen LogP contribution in [0.2, 0.25) is 0 Å². The Balaban J connectivity index is 1.02. The van der Waals surface area contributed by atoms with Crippen LogP contribution in [-0.4, -0.2) is 28.7 Å². The van der Waals surface area contributed by atoms with Gasteiger partial charge in [-0.1, -0.05) is 55.8 Å². The molecule has 2 N–H and O–H groups in total. The fourth-order valence-corrected chi connectivity index (χ4v) is 9.20. The van der Waals surface area contributed by atoms with Crippen molar-refractivity contribution < 1.29 is 14.3 Å². The van der Waals surface area contributed by atoms with Crippen molar-refractivity contribution in [2.45, 2.75) is 77.7 Å². The number of para-hydroxylation sites is 1. The van der Waals surface area contributed by atoms with Gasteiger partial charge in [0.2, 0.25) is 5.91 Å². The fourth-order valence-electron chi connectivity index (χ4n) is 9.20. The number of carbonyl (C=O) groups excluding carboxylic acids is 2. The second kappa shape index (κ2) is 10.6. The summed E-state index contributed by atoms with van der Waals surface area (Å²) in [6.45, 7) is 4.87. The zero-order valence-electron chi connectivity index (χ0n) is 24.7. The van der Waals surface area contributed by atoms with Crippen LogP contribution < -0.4 is 5.43 Å². The van der Waals surface area contributed by atoms with Gasteiger partial charge in [0, 0.05) is 22.5 Å². The molecule has 0 saturated heterocycles. The molecular weight excluding hydrogens is 522 g/mol. The van der Waals surface area contributed by atoms with Crippen molar-refractivity contribution in [3.8, 4) is 0 Å². The maximum Gasteiger partial charge on any atom is 0.338 e. The van der Waals surface area contributed by atoms with Crippen LogP contribution in [0.5, 0.6) is 0 Å². The number of carbonyl (C=O) groups is 2. The smallest absolute Gasteiger partial charge is 0.338 e. The Kier molecular flexibility index (Phi) is 6.83. The standard InChI is InChI=1S/C36H41N3O3/c1-35-18-16-26(38-39-33(40)20-24-22-37-31-11-7-6-10-27(24)31)21-25(35)12-13-28-29-14-15-32(36(29,2)19-17-30(28)35)42-34(41)23-8-4-3-5-9-23/h3-11,21-22,28-30,32,37H,12-20H2,1-2H3,(H,39,40)/b38-26+. The van der Waals surface area contributed by atoms with Crippen LogP contribution in [0.15, 0.2) is 77.5 Å². The first kappa shape index (κ1) is 27.2. The molecule has 2 aromatic carbocycles. The molecule has 6 nitrogen and oxygen atoms in total. The van der Waals surface area contributed by atoms with E-state index in [0.29, 0.717) is 29.7 Å². The molecule has 0 aliphatic heterocycles. The van der Waals surface area contributed by atoms with Crippen molar-refractivity contribution >= 4 is 28.5 Å². The van der Waals surface area contributed by atoms with Gasteiger partial charge in [0.25, 0.3) is 0 Å². The van der Waals surface area contributed by atoms with Gasteiger partial charge in [-0.2, -0.15) is 5.10 Å². The van der Waals surface area contributed by atoms with Gasteiger partial charge in [0.15, 0.2) is 0 Å². The van der Waals surface area contributed by atoms with Gasteiger partial charge in [-0.15, -0.1) is 0 Å². The summed E-state index contributed by atoms with van der Waals surface area (Å²) in [4.78, 5) is 28.9. The van der Waals surface area contributed by atoms with Crippen LogP contribution in [0.4, 0.5) is 0 Å². The van der Waals surface area contributed by atoms with Gasteiger partial charge < -0.3 is 9.72 Å². The third-order valence-corrected chi connectivity index (χ3v) is 11.5. The monoisotopic (exact) mass is 563 g/mol. The summed E-state index contributed by atoms with van der Waals surface area (Å²) in [6, 6.07) is 17.5. The highest BCUT2D eigenvalue weighted by Gasteiger charge is 2.59. The maximum absolute atomic E-state index is 12.9. The number of aromatic nitrogens is 1. The molecule has 3 aromatic rings. The quantitative estimate of drug-likeness (QED) is 0.251. The summed E-state index contributed by atoms with van der Waals surface area (Å²) < 4.78 is 6.19. The Morgan fingerprint density at radius 2 is 1.76 bits per heavy atom. The third kappa shape index (κ3) is 4.60. The second-order valence-corrected chi connectivity index (χ2v) is 13.6. The van der Waals surface area contributed by atoms with E-state index in [-0.39, 0.29) is 28.8 Å². The summed E-state index contributed by atoms with van der Waals surface area (Å²) in [7, 11) is 0. The van der Waals surface area contributed by atoms with Gasteiger partial charge in [-0.25, -0.2) is 10.2 Å². The molecule has 4 aliphatic rings. The van der Waals surface area contributed by atoms with E-state index in [0.717, 1.165) is 60.7 Å². The van der Waals surface area contributed by atoms with Crippen LogP contribution in [0.3, 0.4) is 0 Å². The number of allylic oxidation sites excluding steroid dienone is 2. The number of nitrogens with zero attached hydrogens (tertiary/aromatic N) is 1. The van der Waals surface area contributed by atoms with Crippen LogP contribution in [0.1, 0.15) is 81.1 Å².